The third kappa shape index (κ3) is 4.34. The fourth-order valence-corrected chi connectivity index (χ4v) is 2.10. The van der Waals surface area contributed by atoms with Crippen LogP contribution in [0.3, 0.4) is 0 Å². The normalized spacial score (nSPS) is 11.8. The lowest BCUT2D eigenvalue weighted by Gasteiger charge is -2.08. The summed E-state index contributed by atoms with van der Waals surface area (Å²) in [6.07, 6.45) is 0. The van der Waals surface area contributed by atoms with E-state index < -0.39 is 5.12 Å². The minimum atomic E-state index is -0.565. The first-order chi connectivity index (χ1) is 9.36. The van der Waals surface area contributed by atoms with E-state index in [0.717, 1.165) is 0 Å². The highest BCUT2D eigenvalue weighted by Gasteiger charge is 2.18. The van der Waals surface area contributed by atoms with E-state index in [9.17, 15) is 9.90 Å². The van der Waals surface area contributed by atoms with Crippen LogP contribution >= 0.6 is 35.1 Å². The summed E-state index contributed by atoms with van der Waals surface area (Å²) in [7, 11) is 0. The van der Waals surface area contributed by atoms with Crippen LogP contribution in [-0.2, 0) is 4.79 Å². The Morgan fingerprint density at radius 2 is 2.05 bits per heavy atom. The number of carbonyl (C=O) groups excluding carboxylic acids is 1. The molecule has 0 saturated heterocycles. The molecule has 0 unspecified atom stereocenters. The van der Waals surface area contributed by atoms with Crippen molar-refractivity contribution in [1.82, 2.24) is 0 Å². The van der Waals surface area contributed by atoms with Crippen molar-refractivity contribution in [3.8, 4) is 6.07 Å². The Kier molecular flexibility index (Phi) is 6.21. The summed E-state index contributed by atoms with van der Waals surface area (Å²) in [6, 6.07) is 6.50. The van der Waals surface area contributed by atoms with Crippen LogP contribution in [0.25, 0.3) is 0 Å². The Labute approximate surface area is 131 Å². The summed E-state index contributed by atoms with van der Waals surface area (Å²) in [5.41, 5.74) is 0.302. The van der Waals surface area contributed by atoms with Gasteiger partial charge in [-0.05, 0) is 18.2 Å². The molecule has 0 aromatic heterocycles. The van der Waals surface area contributed by atoms with Gasteiger partial charge in [0.1, 0.15) is 17.4 Å². The van der Waals surface area contributed by atoms with Crippen molar-refractivity contribution >= 4 is 46.0 Å². The number of allylic oxidation sites excluding steroid dienone is 1. The first-order valence-corrected chi connectivity index (χ1v) is 7.19. The molecular weight excluding hydrogens is 319 g/mol. The van der Waals surface area contributed by atoms with Crippen molar-refractivity contribution in [3.63, 3.8) is 0 Å². The van der Waals surface area contributed by atoms with Crippen molar-refractivity contribution in [2.45, 2.75) is 13.8 Å². The summed E-state index contributed by atoms with van der Waals surface area (Å²) in [6.45, 7) is 3.38. The second-order valence-electron chi connectivity index (χ2n) is 4.15. The number of hydrogen-bond donors (Lipinski definition) is 2. The zero-order chi connectivity index (χ0) is 15.3. The number of benzene rings is 1. The lowest BCUT2D eigenvalue weighted by atomic mass is 10.1. The summed E-state index contributed by atoms with van der Waals surface area (Å²) in [5.74, 6) is -0.514. The maximum Gasteiger partial charge on any atom is 0.253 e. The fraction of sp³-hybridized carbons (Fsp3) is 0.231. The number of nitrogens with zero attached hydrogens (tertiary/aromatic N) is 1. The molecule has 0 amide bonds. The zero-order valence-corrected chi connectivity index (χ0v) is 13.1. The second kappa shape index (κ2) is 7.44. The van der Waals surface area contributed by atoms with Gasteiger partial charge >= 0.3 is 0 Å². The molecule has 7 heteroatoms. The van der Waals surface area contributed by atoms with Crippen molar-refractivity contribution < 1.29 is 9.90 Å². The van der Waals surface area contributed by atoms with E-state index in [4.69, 9.17) is 28.5 Å². The Hall–Kier alpha value is -1.35. The number of nitrogens with one attached hydrogen (secondary N) is 1. The Balaban J connectivity index is 2.79. The highest BCUT2D eigenvalue weighted by Crippen LogP contribution is 2.27. The molecule has 0 radical (unpaired) electrons. The van der Waals surface area contributed by atoms with Crippen molar-refractivity contribution in [3.05, 3.63) is 39.6 Å². The molecule has 0 spiro atoms. The molecule has 0 aliphatic heterocycles. The van der Waals surface area contributed by atoms with Crippen LogP contribution in [0.5, 0.6) is 0 Å². The molecule has 0 heterocycles. The van der Waals surface area contributed by atoms with Crippen LogP contribution in [0.1, 0.15) is 13.8 Å². The predicted octanol–water partition coefficient (Wildman–Crippen LogP) is 4.57. The molecule has 0 saturated carbocycles. The Morgan fingerprint density at radius 3 is 2.55 bits per heavy atom. The average molecular weight is 331 g/mol. The van der Waals surface area contributed by atoms with E-state index in [2.05, 4.69) is 4.72 Å². The molecule has 0 fully saturated rings. The van der Waals surface area contributed by atoms with Crippen molar-refractivity contribution in [2.24, 2.45) is 5.92 Å². The number of carbonyl (C=O) groups is 1. The molecule has 20 heavy (non-hydrogen) atoms. The van der Waals surface area contributed by atoms with Crippen LogP contribution in [0.2, 0.25) is 10.0 Å². The first kappa shape index (κ1) is 16.7. The second-order valence-corrected chi connectivity index (χ2v) is 5.74. The molecule has 106 valence electrons. The van der Waals surface area contributed by atoms with Gasteiger partial charge in [-0.3, -0.25) is 4.79 Å². The lowest BCUT2D eigenvalue weighted by molar-refractivity contribution is -0.107. The van der Waals surface area contributed by atoms with Crippen LogP contribution < -0.4 is 4.72 Å². The van der Waals surface area contributed by atoms with Gasteiger partial charge in [0, 0.05) is 23.6 Å². The SMILES string of the molecule is CC(C)/C(O)=C(\C#N)C(=O)SNc1ccc(Cl)c(Cl)c1. The number of aliphatic hydroxyl groups is 1. The molecule has 0 atom stereocenters. The van der Waals surface area contributed by atoms with Crippen molar-refractivity contribution in [2.75, 3.05) is 4.72 Å². The maximum absolute atomic E-state index is 11.8. The summed E-state index contributed by atoms with van der Waals surface area (Å²) in [4.78, 5) is 11.8. The number of hydrogen-bond acceptors (Lipinski definition) is 5. The highest BCUT2D eigenvalue weighted by molar-refractivity contribution is 8.15. The van der Waals surface area contributed by atoms with Crippen LogP contribution in [0.4, 0.5) is 5.69 Å². The fourth-order valence-electron chi connectivity index (χ4n) is 1.21. The van der Waals surface area contributed by atoms with E-state index in [1.54, 1.807) is 38.1 Å². The minimum Gasteiger partial charge on any atom is -0.510 e. The number of rotatable bonds is 4. The van der Waals surface area contributed by atoms with Gasteiger partial charge in [0.25, 0.3) is 5.12 Å². The largest absolute Gasteiger partial charge is 0.510 e. The van der Waals surface area contributed by atoms with Gasteiger partial charge in [-0.15, -0.1) is 0 Å². The molecular formula is C13H12Cl2N2O2S. The molecule has 4 nitrogen and oxygen atoms in total. The predicted molar refractivity (Wildman–Crippen MR) is 82.8 cm³/mol. The van der Waals surface area contributed by atoms with Gasteiger partial charge in [-0.25, -0.2) is 0 Å². The molecule has 1 rings (SSSR count). The Morgan fingerprint density at radius 1 is 1.40 bits per heavy atom. The zero-order valence-electron chi connectivity index (χ0n) is 10.8. The maximum atomic E-state index is 11.8. The molecule has 2 N–H and O–H groups in total. The molecule has 1 aromatic carbocycles. The van der Waals surface area contributed by atoms with Gasteiger partial charge in [0.15, 0.2) is 0 Å². The smallest absolute Gasteiger partial charge is 0.253 e. The molecule has 0 aliphatic rings. The van der Waals surface area contributed by atoms with E-state index in [1.807, 2.05) is 0 Å². The number of anilines is 1. The third-order valence-electron chi connectivity index (χ3n) is 2.30. The summed E-state index contributed by atoms with van der Waals surface area (Å²) in [5, 5.41) is 18.8. The van der Waals surface area contributed by atoms with Gasteiger partial charge < -0.3 is 9.83 Å². The number of nitriles is 1. The van der Waals surface area contributed by atoms with E-state index in [1.165, 1.54) is 0 Å². The number of aliphatic hydroxyl groups excluding tert-OH is 1. The standard InChI is InChI=1S/C13H12Cl2N2O2S/c1-7(2)12(18)9(6-16)13(19)20-17-8-3-4-10(14)11(15)5-8/h3-5,7,17-18H,1-2H3/b12-9-. The number of halogens is 2. The highest BCUT2D eigenvalue weighted by atomic mass is 35.5. The van der Waals surface area contributed by atoms with Crippen LogP contribution in [0.15, 0.2) is 29.5 Å². The summed E-state index contributed by atoms with van der Waals surface area (Å²) < 4.78 is 2.75. The topological polar surface area (TPSA) is 73.1 Å². The average Bonchev–Trinajstić information content (AvgIpc) is 2.40. The van der Waals surface area contributed by atoms with Gasteiger partial charge in [0.05, 0.1) is 10.0 Å². The van der Waals surface area contributed by atoms with Gasteiger partial charge in [0.2, 0.25) is 0 Å². The molecule has 0 bridgehead atoms. The minimum absolute atomic E-state index is 0.221. The van der Waals surface area contributed by atoms with Gasteiger partial charge in [-0.1, -0.05) is 37.0 Å². The van der Waals surface area contributed by atoms with E-state index in [0.29, 0.717) is 27.7 Å². The summed E-state index contributed by atoms with van der Waals surface area (Å²) >= 11 is 12.3. The van der Waals surface area contributed by atoms with Crippen LogP contribution in [-0.4, -0.2) is 10.2 Å². The van der Waals surface area contributed by atoms with Gasteiger partial charge in [-0.2, -0.15) is 5.26 Å². The molecule has 0 aliphatic carbocycles. The van der Waals surface area contributed by atoms with E-state index in [-0.39, 0.29) is 17.3 Å². The third-order valence-corrected chi connectivity index (χ3v) is 3.77. The quantitative estimate of drug-likeness (QED) is 0.366. The molecule has 1 aromatic rings. The lowest BCUT2D eigenvalue weighted by Crippen LogP contribution is -2.06. The monoisotopic (exact) mass is 330 g/mol. The van der Waals surface area contributed by atoms with Crippen molar-refractivity contribution in [1.29, 1.82) is 5.26 Å². The first-order valence-electron chi connectivity index (χ1n) is 5.62. The Bertz CT molecular complexity index is 595. The van der Waals surface area contributed by atoms with Crippen LogP contribution in [0, 0.1) is 17.2 Å². The van der Waals surface area contributed by atoms with E-state index >= 15 is 0 Å².